The lowest BCUT2D eigenvalue weighted by atomic mass is 10.1. The van der Waals surface area contributed by atoms with Gasteiger partial charge in [0.1, 0.15) is 11.2 Å². The fourth-order valence-electron chi connectivity index (χ4n) is 1.81. The van der Waals surface area contributed by atoms with E-state index in [4.69, 9.17) is 11.6 Å². The van der Waals surface area contributed by atoms with Crippen LogP contribution in [0.4, 0.5) is 0 Å². The lowest BCUT2D eigenvalue weighted by molar-refractivity contribution is 0.718. The summed E-state index contributed by atoms with van der Waals surface area (Å²) in [6.07, 6.45) is 4.63. The highest BCUT2D eigenvalue weighted by atomic mass is 35.5. The highest BCUT2D eigenvalue weighted by Gasteiger charge is 2.11. The number of alkyl halides is 1. The highest BCUT2D eigenvalue weighted by molar-refractivity contribution is 7.18. The molecule has 0 aromatic carbocycles. The van der Waals surface area contributed by atoms with Gasteiger partial charge < -0.3 is 0 Å². The molecular formula is C12H15ClN2S. The molecule has 0 aliphatic rings. The van der Waals surface area contributed by atoms with Crippen LogP contribution in [0.25, 0.3) is 10.2 Å². The normalized spacial score (nSPS) is 13.2. The second-order valence-electron chi connectivity index (χ2n) is 3.99. The number of aryl methyl sites for hydroxylation is 1. The van der Waals surface area contributed by atoms with E-state index >= 15 is 0 Å². The van der Waals surface area contributed by atoms with Gasteiger partial charge in [-0.1, -0.05) is 13.3 Å². The third-order valence-electron chi connectivity index (χ3n) is 2.55. The van der Waals surface area contributed by atoms with E-state index in [2.05, 4.69) is 29.9 Å². The van der Waals surface area contributed by atoms with E-state index in [-0.39, 0.29) is 5.38 Å². The van der Waals surface area contributed by atoms with Gasteiger partial charge >= 0.3 is 0 Å². The fraction of sp³-hybridized carbons (Fsp3) is 0.500. The van der Waals surface area contributed by atoms with Crippen LogP contribution in [-0.2, 0) is 6.42 Å². The summed E-state index contributed by atoms with van der Waals surface area (Å²) in [5.41, 5.74) is 1.09. The minimum atomic E-state index is 0.184. The van der Waals surface area contributed by atoms with Gasteiger partial charge in [-0.2, -0.15) is 0 Å². The quantitative estimate of drug-likeness (QED) is 0.772. The van der Waals surface area contributed by atoms with E-state index in [0.29, 0.717) is 0 Å². The molecule has 4 heteroatoms. The molecule has 0 aliphatic carbocycles. The molecule has 0 amide bonds. The molecule has 0 bridgehead atoms. The Kier molecular flexibility index (Phi) is 3.77. The maximum absolute atomic E-state index is 6.27. The highest BCUT2D eigenvalue weighted by Crippen LogP contribution is 2.26. The third-order valence-corrected chi connectivity index (χ3v) is 3.88. The Morgan fingerprint density at radius 3 is 3.00 bits per heavy atom. The van der Waals surface area contributed by atoms with Crippen molar-refractivity contribution >= 4 is 33.2 Å². The molecule has 1 atom stereocenters. The summed E-state index contributed by atoms with van der Waals surface area (Å²) in [6.45, 7) is 4.25. The van der Waals surface area contributed by atoms with Crippen molar-refractivity contribution in [2.24, 2.45) is 0 Å². The van der Waals surface area contributed by atoms with Crippen molar-refractivity contribution in [1.29, 1.82) is 0 Å². The molecule has 1 unspecified atom stereocenters. The summed E-state index contributed by atoms with van der Waals surface area (Å²) in [5, 5.41) is 1.36. The third kappa shape index (κ3) is 2.53. The summed E-state index contributed by atoms with van der Waals surface area (Å²) < 4.78 is 0. The molecule has 2 aromatic rings. The molecule has 86 valence electrons. The van der Waals surface area contributed by atoms with Gasteiger partial charge in [0.05, 0.1) is 5.69 Å². The maximum atomic E-state index is 6.27. The van der Waals surface area contributed by atoms with Gasteiger partial charge in [-0.15, -0.1) is 22.9 Å². The molecule has 2 rings (SSSR count). The Morgan fingerprint density at radius 1 is 1.44 bits per heavy atom. The van der Waals surface area contributed by atoms with Gasteiger partial charge in [0.25, 0.3) is 0 Å². The van der Waals surface area contributed by atoms with E-state index in [9.17, 15) is 0 Å². The van der Waals surface area contributed by atoms with E-state index in [0.717, 1.165) is 29.8 Å². The molecule has 0 radical (unpaired) electrons. The molecule has 2 aromatic heterocycles. The van der Waals surface area contributed by atoms with E-state index in [1.807, 2.05) is 0 Å². The molecular weight excluding hydrogens is 240 g/mol. The number of rotatable bonds is 4. The van der Waals surface area contributed by atoms with E-state index in [1.54, 1.807) is 17.7 Å². The van der Waals surface area contributed by atoms with Crippen LogP contribution >= 0.6 is 22.9 Å². The smallest absolute Gasteiger partial charge is 0.127 e. The predicted octanol–water partition coefficient (Wildman–Crippen LogP) is 3.95. The number of fused-ring (bicyclic) bond motifs is 1. The van der Waals surface area contributed by atoms with Crippen molar-refractivity contribution in [3.8, 4) is 0 Å². The molecule has 0 spiro atoms. The van der Waals surface area contributed by atoms with Gasteiger partial charge in [-0.25, -0.2) is 9.97 Å². The Morgan fingerprint density at radius 2 is 2.25 bits per heavy atom. The molecule has 0 fully saturated rings. The molecule has 2 nitrogen and oxygen atoms in total. The summed E-state index contributed by atoms with van der Waals surface area (Å²) in [6, 6.07) is 2.16. The van der Waals surface area contributed by atoms with Crippen LogP contribution < -0.4 is 0 Å². The van der Waals surface area contributed by atoms with Crippen LogP contribution in [0.15, 0.2) is 12.4 Å². The van der Waals surface area contributed by atoms with E-state index < -0.39 is 0 Å². The summed E-state index contributed by atoms with van der Waals surface area (Å²) in [5.74, 6) is 0. The summed E-state index contributed by atoms with van der Waals surface area (Å²) in [7, 11) is 0. The van der Waals surface area contributed by atoms with E-state index in [1.165, 1.54) is 10.3 Å². The van der Waals surface area contributed by atoms with Crippen LogP contribution in [0.3, 0.4) is 0 Å². The number of halogens is 1. The number of nitrogens with zero attached hydrogens (tertiary/aromatic N) is 2. The second-order valence-corrected chi connectivity index (χ2v) is 5.84. The standard InChI is InChI=1S/C12H15ClN2S/c1-3-4-9(13)6-11-10-5-8(2)16-12(10)15-7-14-11/h5,7,9H,3-4,6H2,1-2H3. The van der Waals surface area contributed by atoms with Gasteiger partial charge in [0.15, 0.2) is 0 Å². The molecule has 0 N–H and O–H groups in total. The first-order valence-corrected chi connectivity index (χ1v) is 6.80. The first kappa shape index (κ1) is 11.8. The second kappa shape index (κ2) is 5.11. The van der Waals surface area contributed by atoms with Crippen molar-refractivity contribution < 1.29 is 0 Å². The van der Waals surface area contributed by atoms with Crippen molar-refractivity contribution in [2.75, 3.05) is 0 Å². The first-order valence-electron chi connectivity index (χ1n) is 5.54. The van der Waals surface area contributed by atoms with Gasteiger partial charge in [0, 0.05) is 22.1 Å². The Labute approximate surface area is 105 Å². The Hall–Kier alpha value is -0.670. The van der Waals surface area contributed by atoms with Crippen molar-refractivity contribution in [2.45, 2.75) is 38.5 Å². The summed E-state index contributed by atoms with van der Waals surface area (Å²) in [4.78, 5) is 11.0. The predicted molar refractivity (Wildman–Crippen MR) is 70.4 cm³/mol. The Bertz CT molecular complexity index is 481. The minimum absolute atomic E-state index is 0.184. The van der Waals surface area contributed by atoms with Crippen LogP contribution in [0.5, 0.6) is 0 Å². The lowest BCUT2D eigenvalue weighted by Crippen LogP contribution is -2.04. The molecule has 16 heavy (non-hydrogen) atoms. The summed E-state index contributed by atoms with van der Waals surface area (Å²) >= 11 is 7.98. The van der Waals surface area contributed by atoms with Crippen molar-refractivity contribution in [1.82, 2.24) is 9.97 Å². The minimum Gasteiger partial charge on any atom is -0.241 e. The monoisotopic (exact) mass is 254 g/mol. The van der Waals surface area contributed by atoms with Crippen LogP contribution in [0.2, 0.25) is 0 Å². The molecule has 0 aliphatic heterocycles. The van der Waals surface area contributed by atoms with Gasteiger partial charge in [-0.3, -0.25) is 0 Å². The maximum Gasteiger partial charge on any atom is 0.127 e. The van der Waals surface area contributed by atoms with Crippen molar-refractivity contribution in [3.05, 3.63) is 23.0 Å². The van der Waals surface area contributed by atoms with Crippen LogP contribution in [0, 0.1) is 6.92 Å². The molecule has 0 saturated carbocycles. The SMILES string of the molecule is CCCC(Cl)Cc1ncnc2sc(C)cc12. The molecule has 2 heterocycles. The largest absolute Gasteiger partial charge is 0.241 e. The average molecular weight is 255 g/mol. The average Bonchev–Trinajstić information content (AvgIpc) is 2.60. The van der Waals surface area contributed by atoms with Gasteiger partial charge in [-0.05, 0) is 19.4 Å². The van der Waals surface area contributed by atoms with Crippen LogP contribution in [-0.4, -0.2) is 15.3 Å². The number of hydrogen-bond donors (Lipinski definition) is 0. The topological polar surface area (TPSA) is 25.8 Å². The lowest BCUT2D eigenvalue weighted by Gasteiger charge is -2.07. The first-order chi connectivity index (χ1) is 7.70. The van der Waals surface area contributed by atoms with Gasteiger partial charge in [0.2, 0.25) is 0 Å². The molecule has 0 saturated heterocycles. The van der Waals surface area contributed by atoms with Crippen LogP contribution in [0.1, 0.15) is 30.3 Å². The van der Waals surface area contributed by atoms with Crippen molar-refractivity contribution in [3.63, 3.8) is 0 Å². The number of aromatic nitrogens is 2. The Balaban J connectivity index is 2.29. The number of thiophene rings is 1. The number of hydrogen-bond acceptors (Lipinski definition) is 3. The zero-order chi connectivity index (χ0) is 11.5. The zero-order valence-electron chi connectivity index (χ0n) is 9.53. The zero-order valence-corrected chi connectivity index (χ0v) is 11.1. The fourth-order valence-corrected chi connectivity index (χ4v) is 3.05.